The molecule has 0 spiro atoms. The topological polar surface area (TPSA) is 71.3 Å². The summed E-state index contributed by atoms with van der Waals surface area (Å²) < 4.78 is 10.5. The van der Waals surface area contributed by atoms with Crippen molar-refractivity contribution in [2.75, 3.05) is 20.3 Å². The van der Waals surface area contributed by atoms with E-state index in [1.54, 1.807) is 7.11 Å². The maximum absolute atomic E-state index is 12.4. The van der Waals surface area contributed by atoms with Crippen LogP contribution >= 0.6 is 0 Å². The molecule has 1 heterocycles. The average molecular weight is 302 g/mol. The van der Waals surface area contributed by atoms with Crippen molar-refractivity contribution in [1.29, 1.82) is 5.26 Å². The van der Waals surface area contributed by atoms with Crippen molar-refractivity contribution < 1.29 is 14.3 Å². The lowest BCUT2D eigenvalue weighted by molar-refractivity contribution is -0.122. The minimum Gasteiger partial charge on any atom is -0.497 e. The largest absolute Gasteiger partial charge is 0.497 e. The molecule has 1 aliphatic heterocycles. The van der Waals surface area contributed by atoms with Gasteiger partial charge in [-0.05, 0) is 42.7 Å². The Bertz CT molecular complexity index is 575. The molecule has 0 unspecified atom stereocenters. The van der Waals surface area contributed by atoms with Gasteiger partial charge >= 0.3 is 0 Å². The number of methoxy groups -OCH3 is 1. The number of nitrogens with zero attached hydrogens (tertiary/aromatic N) is 1. The lowest BCUT2D eigenvalue weighted by Gasteiger charge is -2.31. The van der Waals surface area contributed by atoms with Gasteiger partial charge in [0.15, 0.2) is 0 Å². The number of ether oxygens (including phenoxy) is 2. The maximum atomic E-state index is 12.4. The number of carbonyl (C=O) groups is 1. The Morgan fingerprint density at radius 1 is 1.36 bits per heavy atom. The van der Waals surface area contributed by atoms with Crippen molar-refractivity contribution in [1.82, 2.24) is 5.32 Å². The Kier molecular flexibility index (Phi) is 5.04. The lowest BCUT2D eigenvalue weighted by atomic mass is 9.91. The minimum absolute atomic E-state index is 0.125. The molecule has 0 aromatic heterocycles. The highest BCUT2D eigenvalue weighted by Gasteiger charge is 2.34. The molecule has 118 valence electrons. The van der Waals surface area contributed by atoms with Crippen molar-refractivity contribution in [2.24, 2.45) is 0 Å². The molecule has 2 rings (SSSR count). The van der Waals surface area contributed by atoms with Crippen molar-refractivity contribution in [3.8, 4) is 11.8 Å². The van der Waals surface area contributed by atoms with Crippen LogP contribution in [0, 0.1) is 25.2 Å². The third-order valence-electron chi connectivity index (χ3n) is 4.18. The molecule has 1 aromatic rings. The Balaban J connectivity index is 2.11. The molecule has 0 aliphatic carbocycles. The van der Waals surface area contributed by atoms with E-state index in [1.807, 2.05) is 26.0 Å². The van der Waals surface area contributed by atoms with E-state index in [1.165, 1.54) is 0 Å². The number of nitrogens with one attached hydrogen (secondary N) is 1. The molecular formula is C17H22N2O3. The summed E-state index contributed by atoms with van der Waals surface area (Å²) in [6, 6.07) is 6.09. The summed E-state index contributed by atoms with van der Waals surface area (Å²) in [5.41, 5.74) is 2.23. The predicted octanol–water partition coefficient (Wildman–Crippen LogP) is 2.04. The van der Waals surface area contributed by atoms with E-state index in [4.69, 9.17) is 9.47 Å². The summed E-state index contributed by atoms with van der Waals surface area (Å²) in [4.78, 5) is 12.4. The van der Waals surface area contributed by atoms with Crippen LogP contribution in [0.25, 0.3) is 0 Å². The summed E-state index contributed by atoms with van der Waals surface area (Å²) in [5, 5.41) is 12.3. The van der Waals surface area contributed by atoms with Gasteiger partial charge in [-0.15, -0.1) is 0 Å². The van der Waals surface area contributed by atoms with Crippen LogP contribution in [-0.4, -0.2) is 31.8 Å². The van der Waals surface area contributed by atoms with Crippen LogP contribution in [0.3, 0.4) is 0 Å². The zero-order chi connectivity index (χ0) is 16.2. The van der Waals surface area contributed by atoms with Gasteiger partial charge in [-0.1, -0.05) is 0 Å². The fraction of sp³-hybridized carbons (Fsp3) is 0.529. The van der Waals surface area contributed by atoms with Crippen LogP contribution in [-0.2, 0) is 16.0 Å². The summed E-state index contributed by atoms with van der Waals surface area (Å²) in [7, 11) is 1.63. The molecule has 1 amide bonds. The molecule has 0 bridgehead atoms. The van der Waals surface area contributed by atoms with Crippen LogP contribution in [0.5, 0.6) is 5.75 Å². The van der Waals surface area contributed by atoms with Gasteiger partial charge in [0.05, 0.1) is 19.6 Å². The third-order valence-corrected chi connectivity index (χ3v) is 4.18. The zero-order valence-electron chi connectivity index (χ0n) is 13.4. The van der Waals surface area contributed by atoms with Gasteiger partial charge in [0, 0.05) is 26.1 Å². The van der Waals surface area contributed by atoms with Crippen LogP contribution in [0.15, 0.2) is 12.1 Å². The van der Waals surface area contributed by atoms with Crippen LogP contribution in [0.2, 0.25) is 0 Å². The molecule has 0 atom stereocenters. The Morgan fingerprint density at radius 3 is 2.45 bits per heavy atom. The number of hydrogen-bond acceptors (Lipinski definition) is 4. The maximum Gasteiger partial charge on any atom is 0.225 e. The molecule has 5 nitrogen and oxygen atoms in total. The second-order valence-corrected chi connectivity index (χ2v) is 5.77. The molecule has 5 heteroatoms. The highest BCUT2D eigenvalue weighted by Crippen LogP contribution is 2.23. The molecule has 1 N–H and O–H groups in total. The minimum atomic E-state index is -0.788. The molecule has 1 saturated heterocycles. The van der Waals surface area contributed by atoms with Crippen molar-refractivity contribution >= 4 is 5.91 Å². The summed E-state index contributed by atoms with van der Waals surface area (Å²) in [6.45, 7) is 4.95. The first-order valence-electron chi connectivity index (χ1n) is 7.44. The van der Waals surface area contributed by atoms with E-state index in [2.05, 4.69) is 11.4 Å². The average Bonchev–Trinajstić information content (AvgIpc) is 2.51. The van der Waals surface area contributed by atoms with E-state index >= 15 is 0 Å². The number of aryl methyl sites for hydroxylation is 2. The SMILES string of the molecule is COc1cc(C)c(CC(=O)NC2(C#N)CCOCC2)c(C)c1. The molecule has 1 aliphatic rings. The fourth-order valence-electron chi connectivity index (χ4n) is 2.81. The van der Waals surface area contributed by atoms with Gasteiger partial charge in [0.2, 0.25) is 5.91 Å². The molecular weight excluding hydrogens is 280 g/mol. The van der Waals surface area contributed by atoms with E-state index < -0.39 is 5.54 Å². The molecule has 22 heavy (non-hydrogen) atoms. The number of rotatable bonds is 4. The standard InChI is InChI=1S/C17H22N2O3/c1-12-8-14(21-3)9-13(2)15(12)10-16(20)19-17(11-18)4-6-22-7-5-17/h8-9H,4-7,10H2,1-3H3,(H,19,20). The number of hydrogen-bond donors (Lipinski definition) is 1. The Hall–Kier alpha value is -2.06. The zero-order valence-corrected chi connectivity index (χ0v) is 13.4. The van der Waals surface area contributed by atoms with Crippen molar-refractivity contribution in [3.05, 3.63) is 28.8 Å². The molecule has 1 fully saturated rings. The summed E-state index contributed by atoms with van der Waals surface area (Å²) in [6.07, 6.45) is 1.34. The van der Waals surface area contributed by atoms with E-state index in [0.29, 0.717) is 26.1 Å². The van der Waals surface area contributed by atoms with Crippen LogP contribution in [0.4, 0.5) is 0 Å². The Morgan fingerprint density at radius 2 is 1.95 bits per heavy atom. The molecule has 1 aromatic carbocycles. The highest BCUT2D eigenvalue weighted by atomic mass is 16.5. The van der Waals surface area contributed by atoms with E-state index in [9.17, 15) is 10.1 Å². The predicted molar refractivity (Wildman–Crippen MR) is 82.7 cm³/mol. The third kappa shape index (κ3) is 3.58. The first-order chi connectivity index (χ1) is 10.5. The number of nitriles is 1. The summed E-state index contributed by atoms with van der Waals surface area (Å²) >= 11 is 0. The van der Waals surface area contributed by atoms with Crippen molar-refractivity contribution in [2.45, 2.75) is 38.6 Å². The second kappa shape index (κ2) is 6.80. The van der Waals surface area contributed by atoms with Gasteiger partial charge in [0.1, 0.15) is 11.3 Å². The number of carbonyl (C=O) groups excluding carboxylic acids is 1. The first kappa shape index (κ1) is 16.3. The van der Waals surface area contributed by atoms with Gasteiger partial charge in [0.25, 0.3) is 0 Å². The van der Waals surface area contributed by atoms with E-state index in [0.717, 1.165) is 22.4 Å². The number of benzene rings is 1. The van der Waals surface area contributed by atoms with Gasteiger partial charge < -0.3 is 14.8 Å². The lowest BCUT2D eigenvalue weighted by Crippen LogP contribution is -2.51. The Labute approximate surface area is 131 Å². The number of amides is 1. The van der Waals surface area contributed by atoms with Gasteiger partial charge in [-0.3, -0.25) is 4.79 Å². The fourth-order valence-corrected chi connectivity index (χ4v) is 2.81. The van der Waals surface area contributed by atoms with Crippen molar-refractivity contribution in [3.63, 3.8) is 0 Å². The monoisotopic (exact) mass is 302 g/mol. The smallest absolute Gasteiger partial charge is 0.225 e. The first-order valence-corrected chi connectivity index (χ1v) is 7.44. The molecule has 0 saturated carbocycles. The highest BCUT2D eigenvalue weighted by molar-refractivity contribution is 5.80. The van der Waals surface area contributed by atoms with E-state index in [-0.39, 0.29) is 12.3 Å². The van der Waals surface area contributed by atoms with Gasteiger partial charge in [-0.2, -0.15) is 5.26 Å². The molecule has 0 radical (unpaired) electrons. The normalized spacial score (nSPS) is 16.6. The quantitative estimate of drug-likeness (QED) is 0.924. The van der Waals surface area contributed by atoms with Crippen LogP contribution in [0.1, 0.15) is 29.5 Å². The second-order valence-electron chi connectivity index (χ2n) is 5.77. The van der Waals surface area contributed by atoms with Gasteiger partial charge in [-0.25, -0.2) is 0 Å². The van der Waals surface area contributed by atoms with Crippen LogP contribution < -0.4 is 10.1 Å². The summed E-state index contributed by atoms with van der Waals surface area (Å²) in [5.74, 6) is 0.664.